The Morgan fingerprint density at radius 3 is 2.15 bits per heavy atom. The number of rotatable bonds is 3. The second kappa shape index (κ2) is 7.81. The number of nitrogens with zero attached hydrogens (tertiary/aromatic N) is 3. The van der Waals surface area contributed by atoms with Crippen molar-refractivity contribution in [1.82, 2.24) is 9.78 Å². The van der Waals surface area contributed by atoms with Gasteiger partial charge in [-0.05, 0) is 48.9 Å². The fraction of sp³-hybridized carbons (Fsp3) is 0.120. The lowest BCUT2D eigenvalue weighted by atomic mass is 9.93. The zero-order valence-corrected chi connectivity index (χ0v) is 17.5. The van der Waals surface area contributed by atoms with Crippen molar-refractivity contribution >= 4 is 17.5 Å². The number of urea groups is 1. The summed E-state index contributed by atoms with van der Waals surface area (Å²) in [5.74, 6) is 0.443. The molecule has 0 fully saturated rings. The lowest BCUT2D eigenvalue weighted by Crippen LogP contribution is -2.43. The van der Waals surface area contributed by atoms with Crippen LogP contribution in [0.1, 0.15) is 28.4 Å². The van der Waals surface area contributed by atoms with Gasteiger partial charge in [-0.3, -0.25) is 10.2 Å². The maximum atomic E-state index is 13.5. The summed E-state index contributed by atoms with van der Waals surface area (Å²) < 4.78 is 42.2. The normalized spacial score (nSPS) is 15.8. The highest BCUT2D eigenvalue weighted by Gasteiger charge is 2.40. The van der Waals surface area contributed by atoms with Crippen molar-refractivity contribution in [2.24, 2.45) is 0 Å². The van der Waals surface area contributed by atoms with Crippen molar-refractivity contribution in [3.8, 4) is 5.69 Å². The van der Waals surface area contributed by atoms with Crippen LogP contribution in [0.15, 0.2) is 84.9 Å². The molecule has 1 atom stereocenters. The molecule has 8 heteroatoms. The van der Waals surface area contributed by atoms with Crippen molar-refractivity contribution in [1.29, 1.82) is 0 Å². The molecule has 33 heavy (non-hydrogen) atoms. The van der Waals surface area contributed by atoms with Crippen molar-refractivity contribution < 1.29 is 18.0 Å². The van der Waals surface area contributed by atoms with Crippen LogP contribution in [0.25, 0.3) is 5.69 Å². The van der Waals surface area contributed by atoms with Gasteiger partial charge in [0.1, 0.15) is 5.82 Å². The molecule has 1 aliphatic heterocycles. The van der Waals surface area contributed by atoms with Gasteiger partial charge in [0, 0.05) is 11.3 Å². The summed E-state index contributed by atoms with van der Waals surface area (Å²) in [5, 5.41) is 7.53. The molecule has 0 radical (unpaired) electrons. The molecule has 0 saturated heterocycles. The number of aromatic nitrogens is 2. The fourth-order valence-electron chi connectivity index (χ4n) is 4.21. The molecule has 5 nitrogen and oxygen atoms in total. The highest BCUT2D eigenvalue weighted by atomic mass is 19.4. The van der Waals surface area contributed by atoms with Crippen molar-refractivity contribution in [2.75, 3.05) is 10.2 Å². The highest BCUT2D eigenvalue weighted by Crippen LogP contribution is 2.44. The van der Waals surface area contributed by atoms with Crippen molar-refractivity contribution in [3.05, 3.63) is 107 Å². The Morgan fingerprint density at radius 1 is 0.879 bits per heavy atom. The third kappa shape index (κ3) is 3.63. The van der Waals surface area contributed by atoms with Gasteiger partial charge >= 0.3 is 12.2 Å². The fourth-order valence-corrected chi connectivity index (χ4v) is 4.21. The van der Waals surface area contributed by atoms with Crippen LogP contribution in [0, 0.1) is 6.92 Å². The maximum absolute atomic E-state index is 13.5. The molecule has 1 aromatic heterocycles. The summed E-state index contributed by atoms with van der Waals surface area (Å²) in [6.07, 6.45) is -4.50. The second-order valence-corrected chi connectivity index (χ2v) is 7.76. The molecule has 3 aromatic carbocycles. The van der Waals surface area contributed by atoms with Crippen LogP contribution in [0.3, 0.4) is 0 Å². The average Bonchev–Trinajstić information content (AvgIpc) is 3.14. The first kappa shape index (κ1) is 20.8. The van der Waals surface area contributed by atoms with Gasteiger partial charge in [0.15, 0.2) is 0 Å². The number of halogens is 3. The number of hydrogen-bond acceptors (Lipinski definition) is 2. The quantitative estimate of drug-likeness (QED) is 0.398. The Kier molecular flexibility index (Phi) is 4.92. The molecule has 1 aliphatic rings. The number of carbonyl (C=O) groups excluding carboxylic acids is 1. The van der Waals surface area contributed by atoms with Crippen LogP contribution in [-0.2, 0) is 6.18 Å². The van der Waals surface area contributed by atoms with E-state index in [1.54, 1.807) is 41.9 Å². The molecule has 5 rings (SSSR count). The summed E-state index contributed by atoms with van der Waals surface area (Å²) >= 11 is 0. The minimum Gasteiger partial charge on any atom is -0.291 e. The Balaban J connectivity index is 1.75. The molecular formula is C25H19F3N4O. The summed E-state index contributed by atoms with van der Waals surface area (Å²) in [5.41, 5.74) is 2.13. The molecule has 2 heterocycles. The van der Waals surface area contributed by atoms with Crippen LogP contribution >= 0.6 is 0 Å². The first-order valence-corrected chi connectivity index (χ1v) is 10.3. The molecule has 0 unspecified atom stereocenters. The van der Waals surface area contributed by atoms with E-state index in [0.29, 0.717) is 28.3 Å². The number of fused-ring (bicyclic) bond motifs is 1. The third-order valence-corrected chi connectivity index (χ3v) is 5.65. The monoisotopic (exact) mass is 448 g/mol. The Hall–Kier alpha value is -4.07. The predicted molar refractivity (Wildman–Crippen MR) is 120 cm³/mol. The predicted octanol–water partition coefficient (Wildman–Crippen LogP) is 6.34. The first-order valence-electron chi connectivity index (χ1n) is 10.3. The number of alkyl halides is 3. The average molecular weight is 448 g/mol. The molecule has 0 spiro atoms. The standard InChI is InChI=1S/C25H19F3N4O/c1-16-21-22(17-9-8-10-18(15-17)25(26,27)28)31(19-11-4-2-5-12-19)24(33)29-23(21)32(30-16)20-13-6-3-7-14-20/h2-15,22H,1H3,(H,29,33)/t22-/m0/s1. The van der Waals surface area contributed by atoms with Crippen LogP contribution in [0.5, 0.6) is 0 Å². The number of anilines is 2. The number of amides is 2. The Morgan fingerprint density at radius 2 is 1.52 bits per heavy atom. The second-order valence-electron chi connectivity index (χ2n) is 7.76. The van der Waals surface area contributed by atoms with E-state index in [4.69, 9.17) is 0 Å². The molecule has 2 amide bonds. The van der Waals surface area contributed by atoms with E-state index in [1.165, 1.54) is 11.0 Å². The summed E-state index contributed by atoms with van der Waals surface area (Å²) in [6, 6.07) is 22.0. The van der Waals surface area contributed by atoms with E-state index >= 15 is 0 Å². The van der Waals surface area contributed by atoms with Crippen molar-refractivity contribution in [3.63, 3.8) is 0 Å². The minimum atomic E-state index is -4.50. The van der Waals surface area contributed by atoms with Crippen LogP contribution in [-0.4, -0.2) is 15.8 Å². The summed E-state index contributed by atoms with van der Waals surface area (Å²) in [7, 11) is 0. The SMILES string of the molecule is Cc1nn(-c2ccccc2)c2c1[C@H](c1cccc(C(F)(F)F)c1)N(c1ccccc1)C(=O)N2. The number of carbonyl (C=O) groups is 1. The van der Waals surface area contributed by atoms with Gasteiger partial charge in [0.05, 0.1) is 23.0 Å². The van der Waals surface area contributed by atoms with E-state index in [0.717, 1.165) is 17.8 Å². The topological polar surface area (TPSA) is 50.2 Å². The van der Waals surface area contributed by atoms with Gasteiger partial charge in [-0.15, -0.1) is 0 Å². The molecular weight excluding hydrogens is 429 g/mol. The molecule has 166 valence electrons. The number of hydrogen-bond donors (Lipinski definition) is 1. The van der Waals surface area contributed by atoms with E-state index < -0.39 is 23.8 Å². The van der Waals surface area contributed by atoms with Gasteiger partial charge in [-0.1, -0.05) is 48.5 Å². The largest absolute Gasteiger partial charge is 0.416 e. The van der Waals surface area contributed by atoms with Crippen molar-refractivity contribution in [2.45, 2.75) is 19.1 Å². The molecule has 0 bridgehead atoms. The Bertz CT molecular complexity index is 1320. The maximum Gasteiger partial charge on any atom is 0.416 e. The summed E-state index contributed by atoms with van der Waals surface area (Å²) in [4.78, 5) is 14.8. The minimum absolute atomic E-state index is 0.348. The van der Waals surface area contributed by atoms with Crippen LogP contribution in [0.4, 0.5) is 29.5 Å². The molecule has 1 N–H and O–H groups in total. The van der Waals surface area contributed by atoms with Gasteiger partial charge in [0.2, 0.25) is 0 Å². The van der Waals surface area contributed by atoms with Gasteiger partial charge in [0.25, 0.3) is 0 Å². The molecule has 0 aliphatic carbocycles. The van der Waals surface area contributed by atoms with Gasteiger partial charge in [-0.2, -0.15) is 18.3 Å². The zero-order chi connectivity index (χ0) is 23.2. The number of para-hydroxylation sites is 2. The lowest BCUT2D eigenvalue weighted by molar-refractivity contribution is -0.137. The van der Waals surface area contributed by atoms with E-state index in [9.17, 15) is 18.0 Å². The van der Waals surface area contributed by atoms with Gasteiger partial charge in [-0.25, -0.2) is 9.48 Å². The van der Waals surface area contributed by atoms with Gasteiger partial charge < -0.3 is 0 Å². The summed E-state index contributed by atoms with van der Waals surface area (Å²) in [6.45, 7) is 1.79. The highest BCUT2D eigenvalue weighted by molar-refractivity contribution is 6.05. The van der Waals surface area contributed by atoms with E-state index in [-0.39, 0.29) is 0 Å². The molecule has 4 aromatic rings. The number of aryl methyl sites for hydroxylation is 1. The smallest absolute Gasteiger partial charge is 0.291 e. The number of nitrogens with one attached hydrogen (secondary N) is 1. The zero-order valence-electron chi connectivity index (χ0n) is 17.5. The van der Waals surface area contributed by atoms with E-state index in [2.05, 4.69) is 10.4 Å². The van der Waals surface area contributed by atoms with Crippen LogP contribution < -0.4 is 10.2 Å². The third-order valence-electron chi connectivity index (χ3n) is 5.65. The van der Waals surface area contributed by atoms with Crippen LogP contribution in [0.2, 0.25) is 0 Å². The number of benzene rings is 3. The Labute approximate surface area is 188 Å². The molecule has 0 saturated carbocycles. The lowest BCUT2D eigenvalue weighted by Gasteiger charge is -2.37. The first-order chi connectivity index (χ1) is 15.8. The van der Waals surface area contributed by atoms with E-state index in [1.807, 2.05) is 36.4 Å².